The maximum absolute atomic E-state index is 14.4. The predicted molar refractivity (Wildman–Crippen MR) is 79.1 cm³/mol. The Bertz CT molecular complexity index is 644. The third kappa shape index (κ3) is 3.47. The number of hydrogen-bond acceptors (Lipinski definition) is 2. The minimum Gasteiger partial charge on any atom is -0.465 e. The number of carbonyl (C=O) groups excluding carboxylic acids is 1. The first-order valence-electron chi connectivity index (χ1n) is 6.72. The molecule has 0 bridgehead atoms. The summed E-state index contributed by atoms with van der Waals surface area (Å²) in [5.41, 5.74) is -2.87. The van der Waals surface area contributed by atoms with Crippen LogP contribution in [0, 0.1) is 0 Å². The first-order valence-corrected chi connectivity index (χ1v) is 7.51. The fourth-order valence-electron chi connectivity index (χ4n) is 2.54. The number of amides is 2. The van der Waals surface area contributed by atoms with Crippen LogP contribution in [0.1, 0.15) is 11.6 Å². The molecule has 0 radical (unpaired) electrons. The standard InChI is InChI=1S/C14H13BrF4N2O3/c1-20(11(22)13(16)6-21(7-13)12(23)24)10(14(17,18)19)8-2-4-9(15)5-3-8/h2-5,10H,6-7H2,1H3,(H,23,24)/t10-/m0/s1. The molecule has 0 spiro atoms. The van der Waals surface area contributed by atoms with Crippen LogP contribution in [0.25, 0.3) is 0 Å². The molecule has 1 N–H and O–H groups in total. The molecule has 24 heavy (non-hydrogen) atoms. The highest BCUT2D eigenvalue weighted by Crippen LogP contribution is 2.40. The summed E-state index contributed by atoms with van der Waals surface area (Å²) in [6, 6.07) is 2.80. The number of hydrogen-bond donors (Lipinski definition) is 1. The van der Waals surface area contributed by atoms with E-state index in [2.05, 4.69) is 15.9 Å². The zero-order valence-corrected chi connectivity index (χ0v) is 13.9. The fourth-order valence-corrected chi connectivity index (χ4v) is 2.80. The minimum atomic E-state index is -4.81. The second kappa shape index (κ2) is 6.23. The largest absolute Gasteiger partial charge is 0.465 e. The summed E-state index contributed by atoms with van der Waals surface area (Å²) in [5.74, 6) is -1.40. The molecule has 1 fully saturated rings. The van der Waals surface area contributed by atoms with Crippen molar-refractivity contribution in [1.82, 2.24) is 9.80 Å². The molecule has 1 aliphatic heterocycles. The lowest BCUT2D eigenvalue weighted by molar-refractivity contribution is -0.197. The van der Waals surface area contributed by atoms with Crippen molar-refractivity contribution in [1.29, 1.82) is 0 Å². The average molecular weight is 413 g/mol. The van der Waals surface area contributed by atoms with E-state index in [-0.39, 0.29) is 10.5 Å². The van der Waals surface area contributed by atoms with Crippen LogP contribution in [0.3, 0.4) is 0 Å². The second-order valence-corrected chi connectivity index (χ2v) is 6.43. The Balaban J connectivity index is 2.26. The average Bonchev–Trinajstić information content (AvgIpc) is 2.43. The summed E-state index contributed by atoms with van der Waals surface area (Å²) in [6.07, 6.45) is -6.25. The number of alkyl halides is 4. The second-order valence-electron chi connectivity index (χ2n) is 5.52. The van der Waals surface area contributed by atoms with Crippen molar-refractivity contribution in [3.63, 3.8) is 0 Å². The van der Waals surface area contributed by atoms with Crippen molar-refractivity contribution < 1.29 is 32.3 Å². The first-order chi connectivity index (χ1) is 11.0. The Hall–Kier alpha value is -1.84. The van der Waals surface area contributed by atoms with Crippen molar-refractivity contribution in [2.24, 2.45) is 0 Å². The first kappa shape index (κ1) is 18.5. The zero-order chi connectivity index (χ0) is 18.3. The number of carbonyl (C=O) groups is 2. The summed E-state index contributed by atoms with van der Waals surface area (Å²) in [6.45, 7) is -1.56. The Morgan fingerprint density at radius 1 is 1.29 bits per heavy atom. The Kier molecular flexibility index (Phi) is 4.80. The number of benzene rings is 1. The zero-order valence-electron chi connectivity index (χ0n) is 12.3. The molecular weight excluding hydrogens is 400 g/mol. The lowest BCUT2D eigenvalue weighted by Crippen LogP contribution is -2.67. The summed E-state index contributed by atoms with van der Waals surface area (Å²) in [7, 11) is 0.854. The Labute approximate surface area is 143 Å². The van der Waals surface area contributed by atoms with Gasteiger partial charge in [0.15, 0.2) is 6.04 Å². The van der Waals surface area contributed by atoms with E-state index in [0.29, 0.717) is 9.37 Å². The van der Waals surface area contributed by atoms with Crippen LogP contribution in [0.5, 0.6) is 0 Å². The van der Waals surface area contributed by atoms with E-state index in [1.807, 2.05) is 0 Å². The van der Waals surface area contributed by atoms with Crippen LogP contribution in [-0.2, 0) is 4.79 Å². The van der Waals surface area contributed by atoms with Crippen molar-refractivity contribution in [3.8, 4) is 0 Å². The van der Waals surface area contributed by atoms with E-state index < -0.39 is 43.0 Å². The molecule has 2 rings (SSSR count). The normalized spacial score (nSPS) is 17.8. The number of carboxylic acid groups (broad SMARTS) is 1. The van der Waals surface area contributed by atoms with Crippen molar-refractivity contribution in [3.05, 3.63) is 34.3 Å². The van der Waals surface area contributed by atoms with Gasteiger partial charge < -0.3 is 14.9 Å². The molecule has 0 aromatic heterocycles. The highest BCUT2D eigenvalue weighted by Gasteiger charge is 2.56. The molecule has 1 aliphatic rings. The van der Waals surface area contributed by atoms with Gasteiger partial charge in [-0.2, -0.15) is 13.2 Å². The monoisotopic (exact) mass is 412 g/mol. The smallest absolute Gasteiger partial charge is 0.413 e. The van der Waals surface area contributed by atoms with Gasteiger partial charge >= 0.3 is 12.3 Å². The predicted octanol–water partition coefficient (Wildman–Crippen LogP) is 3.21. The van der Waals surface area contributed by atoms with Crippen LogP contribution in [-0.4, -0.2) is 58.9 Å². The molecule has 132 valence electrons. The number of likely N-dealkylation sites (tertiary alicyclic amines) is 1. The molecule has 0 aliphatic carbocycles. The number of rotatable bonds is 3. The molecule has 0 saturated carbocycles. The van der Waals surface area contributed by atoms with Crippen LogP contribution in [0.4, 0.5) is 22.4 Å². The van der Waals surface area contributed by atoms with Crippen LogP contribution < -0.4 is 0 Å². The van der Waals surface area contributed by atoms with E-state index in [0.717, 1.165) is 7.05 Å². The molecule has 10 heteroatoms. The van der Waals surface area contributed by atoms with E-state index in [4.69, 9.17) is 5.11 Å². The summed E-state index contributed by atoms with van der Waals surface area (Å²) in [4.78, 5) is 23.7. The van der Waals surface area contributed by atoms with Gasteiger partial charge in [0.05, 0.1) is 13.1 Å². The highest BCUT2D eigenvalue weighted by atomic mass is 79.9. The lowest BCUT2D eigenvalue weighted by atomic mass is 9.93. The van der Waals surface area contributed by atoms with Crippen molar-refractivity contribution in [2.45, 2.75) is 17.9 Å². The Morgan fingerprint density at radius 2 is 1.79 bits per heavy atom. The van der Waals surface area contributed by atoms with Crippen LogP contribution in [0.2, 0.25) is 0 Å². The molecule has 5 nitrogen and oxygen atoms in total. The van der Waals surface area contributed by atoms with E-state index in [1.54, 1.807) is 0 Å². The van der Waals surface area contributed by atoms with E-state index in [9.17, 15) is 27.2 Å². The third-order valence-corrected chi connectivity index (χ3v) is 4.27. The summed E-state index contributed by atoms with van der Waals surface area (Å²) >= 11 is 3.10. The van der Waals surface area contributed by atoms with Crippen LogP contribution >= 0.6 is 15.9 Å². The molecule has 2 amide bonds. The molecular formula is C14H13BrF4N2O3. The van der Waals surface area contributed by atoms with Gasteiger partial charge in [0.2, 0.25) is 5.67 Å². The maximum Gasteiger partial charge on any atom is 0.413 e. The van der Waals surface area contributed by atoms with Gasteiger partial charge in [0.1, 0.15) is 0 Å². The van der Waals surface area contributed by atoms with Gasteiger partial charge in [-0.15, -0.1) is 0 Å². The van der Waals surface area contributed by atoms with E-state index in [1.165, 1.54) is 24.3 Å². The van der Waals surface area contributed by atoms with Gasteiger partial charge in [-0.1, -0.05) is 28.1 Å². The molecule has 1 atom stereocenters. The molecule has 1 aromatic carbocycles. The van der Waals surface area contributed by atoms with Gasteiger partial charge in [0, 0.05) is 11.5 Å². The van der Waals surface area contributed by atoms with Crippen molar-refractivity contribution in [2.75, 3.05) is 20.1 Å². The third-order valence-electron chi connectivity index (χ3n) is 3.74. The maximum atomic E-state index is 14.4. The quantitative estimate of drug-likeness (QED) is 0.775. The molecule has 1 heterocycles. The van der Waals surface area contributed by atoms with Crippen LogP contribution in [0.15, 0.2) is 28.7 Å². The van der Waals surface area contributed by atoms with E-state index >= 15 is 0 Å². The number of nitrogens with zero attached hydrogens (tertiary/aromatic N) is 2. The highest BCUT2D eigenvalue weighted by molar-refractivity contribution is 9.10. The Morgan fingerprint density at radius 3 is 2.21 bits per heavy atom. The van der Waals surface area contributed by atoms with Gasteiger partial charge in [-0.05, 0) is 17.7 Å². The summed E-state index contributed by atoms with van der Waals surface area (Å²) < 4.78 is 55.2. The SMILES string of the molecule is CN(C(=O)C1(F)CN(C(=O)O)C1)[C@@H](c1ccc(Br)cc1)C(F)(F)F. The van der Waals surface area contributed by atoms with Gasteiger partial charge in [-0.25, -0.2) is 9.18 Å². The molecule has 1 aromatic rings. The minimum absolute atomic E-state index is 0.223. The molecule has 1 saturated heterocycles. The number of halogens is 5. The fraction of sp³-hybridized carbons (Fsp3) is 0.429. The topological polar surface area (TPSA) is 60.9 Å². The van der Waals surface area contributed by atoms with Crippen molar-refractivity contribution >= 4 is 27.9 Å². The van der Waals surface area contributed by atoms with Gasteiger partial charge in [-0.3, -0.25) is 4.79 Å². The van der Waals surface area contributed by atoms with Gasteiger partial charge in [0.25, 0.3) is 5.91 Å². The lowest BCUT2D eigenvalue weighted by Gasteiger charge is -2.44. The summed E-state index contributed by atoms with van der Waals surface area (Å²) in [5, 5.41) is 8.68. The molecule has 0 unspecified atom stereocenters.